The molecule has 0 saturated carbocycles. The molecule has 0 heterocycles. The summed E-state index contributed by atoms with van der Waals surface area (Å²) in [5.74, 6) is 0.260. The number of hydrogen-bond donors (Lipinski definition) is 0. The fourth-order valence-corrected chi connectivity index (χ4v) is 3.14. The number of benzene rings is 2. The molecule has 0 saturated heterocycles. The Kier molecular flexibility index (Phi) is 6.34. The topological polar surface area (TPSA) is 52.6 Å². The number of rotatable bonds is 6. The van der Waals surface area contributed by atoms with Gasteiger partial charge in [0.2, 0.25) is 0 Å². The molecule has 0 unspecified atom stereocenters. The second-order valence-corrected chi connectivity index (χ2v) is 6.23. The Balaban J connectivity index is 2.14. The minimum absolute atomic E-state index is 0.0173. The lowest BCUT2D eigenvalue weighted by Gasteiger charge is -2.15. The van der Waals surface area contributed by atoms with Crippen molar-refractivity contribution < 1.29 is 19.1 Å². The van der Waals surface area contributed by atoms with E-state index in [0.717, 1.165) is 27.8 Å². The van der Waals surface area contributed by atoms with Crippen LogP contribution in [-0.2, 0) is 16.1 Å². The number of aryl methyl sites for hydroxylation is 2. The lowest BCUT2D eigenvalue weighted by Crippen LogP contribution is -2.09. The summed E-state index contributed by atoms with van der Waals surface area (Å²) in [6.45, 7) is 7.45. The number of methoxy groups -OCH3 is 1. The lowest BCUT2D eigenvalue weighted by molar-refractivity contribution is -0.138. The highest BCUT2D eigenvalue weighted by Gasteiger charge is 2.15. The molecule has 2 aromatic rings. The van der Waals surface area contributed by atoms with E-state index in [9.17, 15) is 9.59 Å². The Hall–Kier alpha value is -2.88. The molecule has 0 spiro atoms. The summed E-state index contributed by atoms with van der Waals surface area (Å²) in [6, 6.07) is 9.38. The van der Waals surface area contributed by atoms with Gasteiger partial charge in [0, 0.05) is 17.2 Å². The monoisotopic (exact) mass is 352 g/mol. The van der Waals surface area contributed by atoms with E-state index in [0.29, 0.717) is 11.3 Å². The maximum atomic E-state index is 12.1. The Labute approximate surface area is 154 Å². The van der Waals surface area contributed by atoms with Crippen molar-refractivity contribution in [1.82, 2.24) is 0 Å². The van der Waals surface area contributed by atoms with Gasteiger partial charge < -0.3 is 9.47 Å². The summed E-state index contributed by atoms with van der Waals surface area (Å²) in [5.41, 5.74) is 5.20. The van der Waals surface area contributed by atoms with Gasteiger partial charge in [-0.3, -0.25) is 4.79 Å². The van der Waals surface area contributed by atoms with Crippen LogP contribution in [-0.4, -0.2) is 18.9 Å². The first-order valence-electron chi connectivity index (χ1n) is 8.43. The molecule has 0 amide bonds. The van der Waals surface area contributed by atoms with Gasteiger partial charge in [0.15, 0.2) is 5.78 Å². The molecule has 4 heteroatoms. The molecule has 0 bridgehead atoms. The molecule has 0 radical (unpaired) electrons. The minimum Gasteiger partial charge on any atom is -0.496 e. The van der Waals surface area contributed by atoms with Crippen LogP contribution >= 0.6 is 0 Å². The molecule has 0 atom stereocenters. The summed E-state index contributed by atoms with van der Waals surface area (Å²) in [5, 5.41) is 0. The molecule has 0 N–H and O–H groups in total. The molecule has 136 valence electrons. The van der Waals surface area contributed by atoms with E-state index in [1.54, 1.807) is 20.1 Å². The number of ketones is 1. The van der Waals surface area contributed by atoms with Crippen LogP contribution in [0.15, 0.2) is 36.4 Å². The van der Waals surface area contributed by atoms with Crippen molar-refractivity contribution in [2.45, 2.75) is 34.3 Å². The number of ether oxygens (including phenoxy) is 2. The molecule has 4 nitrogen and oxygen atoms in total. The average molecular weight is 352 g/mol. The fraction of sp³-hybridized carbons (Fsp3) is 0.273. The standard InChI is InChI=1S/C22H24O4/c1-14-12-15(2)22(17(4)23)16(3)19(14)13-26-21(24)11-10-18-8-6-7-9-20(18)25-5/h6-12H,13H2,1-5H3/b11-10+. The van der Waals surface area contributed by atoms with Crippen molar-refractivity contribution in [1.29, 1.82) is 0 Å². The summed E-state index contributed by atoms with van der Waals surface area (Å²) >= 11 is 0. The lowest BCUT2D eigenvalue weighted by atomic mass is 9.92. The first-order chi connectivity index (χ1) is 12.3. The molecular weight excluding hydrogens is 328 g/mol. The molecule has 26 heavy (non-hydrogen) atoms. The van der Waals surface area contributed by atoms with Gasteiger partial charge in [-0.25, -0.2) is 4.79 Å². The number of esters is 1. The van der Waals surface area contributed by atoms with Crippen LogP contribution in [0.2, 0.25) is 0 Å². The normalized spacial score (nSPS) is 10.8. The Morgan fingerprint density at radius 3 is 2.42 bits per heavy atom. The Morgan fingerprint density at radius 2 is 1.77 bits per heavy atom. The van der Waals surface area contributed by atoms with Crippen LogP contribution in [0.1, 0.15) is 45.1 Å². The number of carbonyl (C=O) groups is 2. The highest BCUT2D eigenvalue weighted by molar-refractivity contribution is 5.97. The van der Waals surface area contributed by atoms with E-state index in [-0.39, 0.29) is 12.4 Å². The van der Waals surface area contributed by atoms with Crippen LogP contribution in [0.5, 0.6) is 5.75 Å². The highest BCUT2D eigenvalue weighted by atomic mass is 16.5. The van der Waals surface area contributed by atoms with E-state index < -0.39 is 5.97 Å². The quantitative estimate of drug-likeness (QED) is 0.434. The van der Waals surface area contributed by atoms with Gasteiger partial charge in [-0.2, -0.15) is 0 Å². The van der Waals surface area contributed by atoms with Crippen LogP contribution in [0, 0.1) is 20.8 Å². The number of Topliss-reactive ketones (excluding diaryl/α,β-unsaturated/α-hetero) is 1. The third kappa shape index (κ3) is 4.39. The maximum Gasteiger partial charge on any atom is 0.331 e. The van der Waals surface area contributed by atoms with Gasteiger partial charge in [-0.15, -0.1) is 0 Å². The van der Waals surface area contributed by atoms with Crippen LogP contribution in [0.25, 0.3) is 6.08 Å². The van der Waals surface area contributed by atoms with Crippen molar-refractivity contribution in [3.8, 4) is 5.75 Å². The van der Waals surface area contributed by atoms with Crippen LogP contribution in [0.3, 0.4) is 0 Å². The maximum absolute atomic E-state index is 12.1. The van der Waals surface area contributed by atoms with Crippen molar-refractivity contribution in [3.63, 3.8) is 0 Å². The van der Waals surface area contributed by atoms with Gasteiger partial charge in [0.05, 0.1) is 7.11 Å². The van der Waals surface area contributed by atoms with E-state index >= 15 is 0 Å². The van der Waals surface area contributed by atoms with Crippen molar-refractivity contribution in [2.75, 3.05) is 7.11 Å². The molecule has 0 aliphatic heterocycles. The highest BCUT2D eigenvalue weighted by Crippen LogP contribution is 2.24. The predicted octanol–water partition coefficient (Wildman–Crippen LogP) is 4.58. The summed E-state index contributed by atoms with van der Waals surface area (Å²) < 4.78 is 10.6. The first-order valence-corrected chi connectivity index (χ1v) is 8.43. The van der Waals surface area contributed by atoms with Gasteiger partial charge in [-0.05, 0) is 62.1 Å². The van der Waals surface area contributed by atoms with Crippen LogP contribution < -0.4 is 4.74 Å². The van der Waals surface area contributed by atoms with E-state index in [2.05, 4.69) is 0 Å². The van der Waals surface area contributed by atoms with Gasteiger partial charge >= 0.3 is 5.97 Å². The third-order valence-electron chi connectivity index (χ3n) is 4.38. The molecule has 2 aromatic carbocycles. The Bertz CT molecular complexity index is 863. The smallest absolute Gasteiger partial charge is 0.331 e. The van der Waals surface area contributed by atoms with Crippen molar-refractivity contribution in [3.05, 3.63) is 69.8 Å². The number of carbonyl (C=O) groups excluding carboxylic acids is 2. The van der Waals surface area contributed by atoms with Gasteiger partial charge in [0.1, 0.15) is 12.4 Å². The molecule has 0 aliphatic carbocycles. The average Bonchev–Trinajstić information content (AvgIpc) is 2.59. The van der Waals surface area contributed by atoms with Gasteiger partial charge in [0.25, 0.3) is 0 Å². The molecule has 0 aliphatic rings. The van der Waals surface area contributed by atoms with E-state index in [1.807, 2.05) is 51.1 Å². The predicted molar refractivity (Wildman–Crippen MR) is 102 cm³/mol. The second-order valence-electron chi connectivity index (χ2n) is 6.23. The summed E-state index contributed by atoms with van der Waals surface area (Å²) in [4.78, 5) is 24.0. The number of para-hydroxylation sites is 1. The fourth-order valence-electron chi connectivity index (χ4n) is 3.14. The molecule has 0 fully saturated rings. The zero-order valence-electron chi connectivity index (χ0n) is 15.9. The number of hydrogen-bond acceptors (Lipinski definition) is 4. The zero-order chi connectivity index (χ0) is 19.3. The van der Waals surface area contributed by atoms with Gasteiger partial charge in [-0.1, -0.05) is 24.3 Å². The summed E-state index contributed by atoms with van der Waals surface area (Å²) in [7, 11) is 1.58. The second kappa shape index (κ2) is 8.48. The first kappa shape index (κ1) is 19.4. The van der Waals surface area contributed by atoms with E-state index in [4.69, 9.17) is 9.47 Å². The largest absolute Gasteiger partial charge is 0.496 e. The Morgan fingerprint density at radius 1 is 1.08 bits per heavy atom. The molecule has 2 rings (SSSR count). The zero-order valence-corrected chi connectivity index (χ0v) is 15.9. The summed E-state index contributed by atoms with van der Waals surface area (Å²) in [6.07, 6.45) is 3.04. The van der Waals surface area contributed by atoms with E-state index in [1.165, 1.54) is 6.08 Å². The van der Waals surface area contributed by atoms with Crippen molar-refractivity contribution in [2.24, 2.45) is 0 Å². The minimum atomic E-state index is -0.445. The molecule has 0 aromatic heterocycles. The SMILES string of the molecule is COc1ccccc1/C=C/C(=O)OCc1c(C)cc(C)c(C(C)=O)c1C. The van der Waals surface area contributed by atoms with Crippen molar-refractivity contribution >= 4 is 17.8 Å². The van der Waals surface area contributed by atoms with Crippen LogP contribution in [0.4, 0.5) is 0 Å². The molecular formula is C22H24O4. The third-order valence-corrected chi connectivity index (χ3v) is 4.38.